The molecular formula is C24H24F2N4O2S. The third-order valence-electron chi connectivity index (χ3n) is 5.33. The van der Waals surface area contributed by atoms with E-state index in [1.54, 1.807) is 0 Å². The zero-order chi connectivity index (χ0) is 23.7. The molecule has 1 aliphatic heterocycles. The highest BCUT2D eigenvalue weighted by Crippen LogP contribution is 2.46. The Morgan fingerprint density at radius 2 is 1.97 bits per heavy atom. The van der Waals surface area contributed by atoms with E-state index in [4.69, 9.17) is 4.74 Å². The lowest BCUT2D eigenvalue weighted by molar-refractivity contribution is -0.118. The zero-order valence-electron chi connectivity index (χ0n) is 18.9. The van der Waals surface area contributed by atoms with Crippen LogP contribution in [0.2, 0.25) is 0 Å². The van der Waals surface area contributed by atoms with Crippen molar-refractivity contribution >= 4 is 23.4 Å². The average Bonchev–Trinajstić information content (AvgIpc) is 2.90. The van der Waals surface area contributed by atoms with Gasteiger partial charge in [0.25, 0.3) is 0 Å². The van der Waals surface area contributed by atoms with E-state index in [1.165, 1.54) is 23.6 Å². The highest BCUT2D eigenvalue weighted by atomic mass is 32.2. The van der Waals surface area contributed by atoms with E-state index < -0.39 is 23.8 Å². The maximum atomic E-state index is 14.9. The van der Waals surface area contributed by atoms with E-state index in [0.717, 1.165) is 47.9 Å². The molecule has 1 aliphatic rings. The summed E-state index contributed by atoms with van der Waals surface area (Å²) in [5.41, 5.74) is 3.05. The van der Waals surface area contributed by atoms with Crippen LogP contribution in [-0.4, -0.2) is 26.8 Å². The van der Waals surface area contributed by atoms with Gasteiger partial charge in [-0.2, -0.15) is 4.98 Å². The quantitative estimate of drug-likeness (QED) is 0.348. The van der Waals surface area contributed by atoms with Crippen molar-refractivity contribution in [3.05, 3.63) is 58.7 Å². The van der Waals surface area contributed by atoms with Gasteiger partial charge in [0.05, 0.1) is 11.3 Å². The number of halogens is 2. The van der Waals surface area contributed by atoms with Crippen LogP contribution in [0.25, 0.3) is 11.3 Å². The second-order valence-electron chi connectivity index (χ2n) is 7.95. The number of nitrogens with zero attached hydrogens (tertiary/aromatic N) is 4. The first kappa shape index (κ1) is 23.1. The number of rotatable bonds is 5. The van der Waals surface area contributed by atoms with Gasteiger partial charge in [-0.15, -0.1) is 10.2 Å². The minimum atomic E-state index is -1.27. The highest BCUT2D eigenvalue weighted by molar-refractivity contribution is 7.99. The molecule has 0 unspecified atom stereocenters. The summed E-state index contributed by atoms with van der Waals surface area (Å²) in [6, 6.07) is 6.86. The van der Waals surface area contributed by atoms with Gasteiger partial charge in [-0.05, 0) is 50.1 Å². The predicted molar refractivity (Wildman–Crippen MR) is 123 cm³/mol. The van der Waals surface area contributed by atoms with Gasteiger partial charge in [-0.1, -0.05) is 36.7 Å². The molecule has 0 aliphatic carbocycles. The van der Waals surface area contributed by atoms with Crippen LogP contribution in [0.4, 0.5) is 14.5 Å². The summed E-state index contributed by atoms with van der Waals surface area (Å²) in [6.45, 7) is 7.23. The Labute approximate surface area is 195 Å². The molecule has 1 amide bonds. The number of carbonyl (C=O) groups excluding carboxylic acids is 1. The van der Waals surface area contributed by atoms with Gasteiger partial charge in [0.1, 0.15) is 11.6 Å². The monoisotopic (exact) mass is 470 g/mol. The summed E-state index contributed by atoms with van der Waals surface area (Å²) >= 11 is 1.44. The fourth-order valence-electron chi connectivity index (χ4n) is 3.88. The summed E-state index contributed by atoms with van der Waals surface area (Å²) < 4.78 is 35.2. The van der Waals surface area contributed by atoms with Crippen LogP contribution in [0, 0.1) is 25.5 Å². The molecule has 3 aromatic rings. The Morgan fingerprint density at radius 3 is 2.70 bits per heavy atom. The normalized spacial score (nSPS) is 14.8. The van der Waals surface area contributed by atoms with Gasteiger partial charge in [-0.25, -0.2) is 8.78 Å². The topological polar surface area (TPSA) is 68.2 Å². The van der Waals surface area contributed by atoms with Crippen LogP contribution in [0.1, 0.15) is 49.6 Å². The lowest BCUT2D eigenvalue weighted by atomic mass is 10.00. The maximum Gasteiger partial charge on any atom is 0.247 e. The van der Waals surface area contributed by atoms with Gasteiger partial charge >= 0.3 is 0 Å². The number of aryl methyl sites for hydroxylation is 2. The summed E-state index contributed by atoms with van der Waals surface area (Å²) in [7, 11) is 0. The second-order valence-corrected chi connectivity index (χ2v) is 9.02. The fraction of sp³-hybridized carbons (Fsp3) is 0.333. The Morgan fingerprint density at radius 1 is 1.18 bits per heavy atom. The Balaban J connectivity index is 1.96. The molecule has 33 heavy (non-hydrogen) atoms. The first-order valence-corrected chi connectivity index (χ1v) is 11.7. The minimum absolute atomic E-state index is 0.109. The molecule has 0 radical (unpaired) electrons. The number of anilines is 1. The van der Waals surface area contributed by atoms with E-state index >= 15 is 0 Å². The van der Waals surface area contributed by atoms with E-state index in [2.05, 4.69) is 22.1 Å². The van der Waals surface area contributed by atoms with Gasteiger partial charge in [0.2, 0.25) is 23.2 Å². The van der Waals surface area contributed by atoms with Gasteiger partial charge in [-0.3, -0.25) is 9.69 Å². The van der Waals surface area contributed by atoms with Crippen LogP contribution in [0.5, 0.6) is 5.88 Å². The van der Waals surface area contributed by atoms with Gasteiger partial charge in [0, 0.05) is 18.2 Å². The van der Waals surface area contributed by atoms with Crippen molar-refractivity contribution in [2.24, 2.45) is 0 Å². The summed E-state index contributed by atoms with van der Waals surface area (Å²) in [6.07, 6.45) is 0.745. The van der Waals surface area contributed by atoms with E-state index in [-0.39, 0.29) is 11.4 Å². The van der Waals surface area contributed by atoms with Crippen molar-refractivity contribution in [3.63, 3.8) is 0 Å². The number of thioether (sulfide) groups is 1. The molecule has 0 N–H and O–H groups in total. The number of hydrogen-bond acceptors (Lipinski definition) is 6. The van der Waals surface area contributed by atoms with Crippen molar-refractivity contribution in [2.75, 3.05) is 10.7 Å². The smallest absolute Gasteiger partial charge is 0.247 e. The van der Waals surface area contributed by atoms with Crippen molar-refractivity contribution in [3.8, 4) is 17.1 Å². The Kier molecular flexibility index (Phi) is 6.60. The molecule has 0 bridgehead atoms. The number of hydrogen-bond donors (Lipinski definition) is 0. The van der Waals surface area contributed by atoms with Crippen LogP contribution in [0.15, 0.2) is 35.5 Å². The molecule has 0 saturated carbocycles. The van der Waals surface area contributed by atoms with Crippen molar-refractivity contribution in [2.45, 2.75) is 51.9 Å². The van der Waals surface area contributed by atoms with Crippen LogP contribution in [-0.2, 0) is 4.79 Å². The number of benzene rings is 2. The molecule has 4 rings (SSSR count). The molecule has 2 heterocycles. The van der Waals surface area contributed by atoms with Crippen LogP contribution < -0.4 is 9.64 Å². The standard InChI is InChI=1S/C24H24F2N4O2S/c1-5-6-9-33-24-27-22-20(28-29-24)18-11-13(2)10-14(3)21(18)30(15(4)31)23(32-22)17-12-16(25)7-8-19(17)26/h7-8,10-12,23H,5-6,9H2,1-4H3/t23-/m0/s1. The van der Waals surface area contributed by atoms with Crippen LogP contribution >= 0.6 is 11.8 Å². The molecule has 9 heteroatoms. The fourth-order valence-corrected chi connectivity index (χ4v) is 4.74. The molecule has 0 saturated heterocycles. The minimum Gasteiger partial charge on any atom is -0.447 e. The summed E-state index contributed by atoms with van der Waals surface area (Å²) in [4.78, 5) is 18.8. The van der Waals surface area contributed by atoms with Crippen LogP contribution in [0.3, 0.4) is 0 Å². The molecule has 1 aromatic heterocycles. The lowest BCUT2D eigenvalue weighted by Gasteiger charge is -2.31. The molecule has 2 aromatic carbocycles. The first-order valence-electron chi connectivity index (χ1n) is 10.7. The summed E-state index contributed by atoms with van der Waals surface area (Å²) in [5.74, 6) is -0.793. The van der Waals surface area contributed by atoms with Gasteiger partial charge < -0.3 is 4.74 Å². The molecular weight excluding hydrogens is 446 g/mol. The zero-order valence-corrected chi connectivity index (χ0v) is 19.7. The molecule has 6 nitrogen and oxygen atoms in total. The van der Waals surface area contributed by atoms with Gasteiger partial charge in [0.15, 0.2) is 5.69 Å². The molecule has 0 spiro atoms. The predicted octanol–water partition coefficient (Wildman–Crippen LogP) is 5.77. The Bertz CT molecular complexity index is 1220. The van der Waals surface area contributed by atoms with Crippen molar-refractivity contribution in [1.29, 1.82) is 0 Å². The van der Waals surface area contributed by atoms with E-state index in [0.29, 0.717) is 22.1 Å². The maximum absolute atomic E-state index is 14.9. The number of ether oxygens (including phenoxy) is 1. The second kappa shape index (κ2) is 9.43. The first-order chi connectivity index (χ1) is 15.8. The average molecular weight is 471 g/mol. The highest BCUT2D eigenvalue weighted by Gasteiger charge is 2.37. The number of carbonyl (C=O) groups is 1. The van der Waals surface area contributed by atoms with Crippen molar-refractivity contribution < 1.29 is 18.3 Å². The van der Waals surface area contributed by atoms with Crippen molar-refractivity contribution in [1.82, 2.24) is 15.2 Å². The third kappa shape index (κ3) is 4.55. The molecule has 1 atom stereocenters. The largest absolute Gasteiger partial charge is 0.447 e. The SMILES string of the molecule is CCCCSc1nnc2c(n1)O[C@@H](c1cc(F)ccc1F)N(C(C)=O)c1c(C)cc(C)cc1-2. The van der Waals surface area contributed by atoms with E-state index in [1.807, 2.05) is 26.0 Å². The number of amides is 1. The number of aromatic nitrogens is 3. The third-order valence-corrected chi connectivity index (χ3v) is 6.25. The van der Waals surface area contributed by atoms with E-state index in [9.17, 15) is 13.6 Å². The Hall–Kier alpha value is -3.07. The number of fused-ring (bicyclic) bond motifs is 3. The summed E-state index contributed by atoms with van der Waals surface area (Å²) in [5, 5.41) is 9.05. The number of unbranched alkanes of at least 4 members (excludes halogenated alkanes) is 1. The molecule has 172 valence electrons. The lowest BCUT2D eigenvalue weighted by Crippen LogP contribution is -2.37. The molecule has 0 fully saturated rings.